The van der Waals surface area contributed by atoms with Crippen LogP contribution in [0.5, 0.6) is 0 Å². The fourth-order valence-corrected chi connectivity index (χ4v) is 1.90. The Morgan fingerprint density at radius 1 is 1.28 bits per heavy atom. The number of rotatable bonds is 8. The third kappa shape index (κ3) is 3.74. The fraction of sp³-hybridized carbons (Fsp3) is 0.917. The molecule has 0 fully saturated rings. The maximum Gasteiger partial charge on any atom is 0.168 e. The summed E-state index contributed by atoms with van der Waals surface area (Å²) in [6, 6.07) is 0.323. The lowest BCUT2D eigenvalue weighted by molar-refractivity contribution is 0.0885. The molecule has 18 heavy (non-hydrogen) atoms. The highest BCUT2D eigenvalue weighted by molar-refractivity contribution is 4.92. The van der Waals surface area contributed by atoms with Crippen molar-refractivity contribution in [2.24, 2.45) is 5.92 Å². The molecule has 2 atom stereocenters. The zero-order chi connectivity index (χ0) is 13.5. The maximum atomic E-state index is 5.54. The van der Waals surface area contributed by atoms with E-state index in [0.717, 1.165) is 12.4 Å². The van der Waals surface area contributed by atoms with E-state index in [2.05, 4.69) is 48.5 Å². The summed E-state index contributed by atoms with van der Waals surface area (Å²) in [5.41, 5.74) is 0. The third-order valence-electron chi connectivity index (χ3n) is 2.99. The molecule has 1 aromatic rings. The van der Waals surface area contributed by atoms with Crippen molar-refractivity contribution in [2.45, 2.75) is 46.7 Å². The smallest absolute Gasteiger partial charge is 0.168 e. The number of nitrogens with one attached hydrogen (secondary N) is 1. The first-order valence-electron chi connectivity index (χ1n) is 6.70. The SMILES string of the molecule is CCNC(C)c1nnnn1C(COCC)C(C)C. The van der Waals surface area contributed by atoms with Crippen LogP contribution in [0, 0.1) is 5.92 Å². The summed E-state index contributed by atoms with van der Waals surface area (Å²) >= 11 is 0. The van der Waals surface area contributed by atoms with Crippen molar-refractivity contribution < 1.29 is 4.74 Å². The Bertz CT molecular complexity index is 339. The molecule has 0 spiro atoms. The van der Waals surface area contributed by atoms with E-state index < -0.39 is 0 Å². The first-order valence-corrected chi connectivity index (χ1v) is 6.70. The van der Waals surface area contributed by atoms with Gasteiger partial charge in [-0.15, -0.1) is 5.10 Å². The van der Waals surface area contributed by atoms with E-state index in [-0.39, 0.29) is 12.1 Å². The van der Waals surface area contributed by atoms with Gasteiger partial charge in [-0.2, -0.15) is 0 Å². The summed E-state index contributed by atoms with van der Waals surface area (Å²) < 4.78 is 7.44. The molecule has 0 aliphatic carbocycles. The number of nitrogens with zero attached hydrogens (tertiary/aromatic N) is 4. The van der Waals surface area contributed by atoms with E-state index in [1.165, 1.54) is 0 Å². The molecule has 0 radical (unpaired) electrons. The van der Waals surface area contributed by atoms with Crippen LogP contribution in [-0.4, -0.2) is 40.0 Å². The molecular formula is C12H25N5O. The van der Waals surface area contributed by atoms with Crippen LogP contribution in [0.3, 0.4) is 0 Å². The van der Waals surface area contributed by atoms with Crippen LogP contribution in [-0.2, 0) is 4.74 Å². The number of hydrogen-bond acceptors (Lipinski definition) is 5. The van der Waals surface area contributed by atoms with Crippen molar-refractivity contribution in [1.82, 2.24) is 25.5 Å². The molecule has 0 saturated heterocycles. The number of hydrogen-bond donors (Lipinski definition) is 1. The lowest BCUT2D eigenvalue weighted by Gasteiger charge is -2.23. The van der Waals surface area contributed by atoms with Gasteiger partial charge in [-0.3, -0.25) is 0 Å². The predicted molar refractivity (Wildman–Crippen MR) is 70.3 cm³/mol. The first kappa shape index (κ1) is 15.0. The van der Waals surface area contributed by atoms with E-state index >= 15 is 0 Å². The van der Waals surface area contributed by atoms with Crippen molar-refractivity contribution in [1.29, 1.82) is 0 Å². The molecule has 0 aromatic carbocycles. The van der Waals surface area contributed by atoms with Crippen molar-refractivity contribution in [3.8, 4) is 0 Å². The van der Waals surface area contributed by atoms with Gasteiger partial charge in [-0.1, -0.05) is 20.8 Å². The van der Waals surface area contributed by atoms with E-state index in [1.54, 1.807) is 0 Å². The average Bonchev–Trinajstić information content (AvgIpc) is 2.78. The number of ether oxygens (including phenoxy) is 1. The Kier molecular flexibility index (Phi) is 6.21. The van der Waals surface area contributed by atoms with Crippen molar-refractivity contribution in [3.63, 3.8) is 0 Å². The first-order chi connectivity index (χ1) is 8.61. The van der Waals surface area contributed by atoms with Gasteiger partial charge in [0.1, 0.15) is 0 Å². The molecule has 0 aliphatic heterocycles. The van der Waals surface area contributed by atoms with Crippen LogP contribution in [0.4, 0.5) is 0 Å². The minimum absolute atomic E-state index is 0.146. The van der Waals surface area contributed by atoms with Gasteiger partial charge >= 0.3 is 0 Å². The molecule has 1 heterocycles. The quantitative estimate of drug-likeness (QED) is 0.764. The Balaban J connectivity index is 2.87. The molecule has 104 valence electrons. The van der Waals surface area contributed by atoms with E-state index in [0.29, 0.717) is 19.1 Å². The van der Waals surface area contributed by atoms with Crippen LogP contribution in [0.2, 0.25) is 0 Å². The molecular weight excluding hydrogens is 230 g/mol. The van der Waals surface area contributed by atoms with Crippen LogP contribution < -0.4 is 5.32 Å². The Morgan fingerprint density at radius 3 is 2.56 bits per heavy atom. The molecule has 0 bridgehead atoms. The van der Waals surface area contributed by atoms with Gasteiger partial charge in [0, 0.05) is 6.61 Å². The molecule has 0 saturated carbocycles. The van der Waals surface area contributed by atoms with Crippen molar-refractivity contribution >= 4 is 0 Å². The lowest BCUT2D eigenvalue weighted by Crippen LogP contribution is -2.28. The highest BCUT2D eigenvalue weighted by Gasteiger charge is 2.23. The second kappa shape index (κ2) is 7.43. The van der Waals surface area contributed by atoms with Gasteiger partial charge in [-0.25, -0.2) is 4.68 Å². The van der Waals surface area contributed by atoms with Gasteiger partial charge in [0.15, 0.2) is 5.82 Å². The van der Waals surface area contributed by atoms with E-state index in [9.17, 15) is 0 Å². The second-order valence-corrected chi connectivity index (χ2v) is 4.73. The Labute approximate surface area is 109 Å². The Hall–Kier alpha value is -1.01. The number of aromatic nitrogens is 4. The zero-order valence-electron chi connectivity index (χ0n) is 12.1. The summed E-state index contributed by atoms with van der Waals surface area (Å²) in [6.07, 6.45) is 0. The van der Waals surface area contributed by atoms with Gasteiger partial charge in [0.05, 0.1) is 18.7 Å². The van der Waals surface area contributed by atoms with Gasteiger partial charge < -0.3 is 10.1 Å². The third-order valence-corrected chi connectivity index (χ3v) is 2.99. The molecule has 1 rings (SSSR count). The van der Waals surface area contributed by atoms with Crippen molar-refractivity contribution in [2.75, 3.05) is 19.8 Å². The van der Waals surface area contributed by atoms with Crippen LogP contribution in [0.1, 0.15) is 52.5 Å². The monoisotopic (exact) mass is 255 g/mol. The minimum atomic E-state index is 0.146. The molecule has 2 unspecified atom stereocenters. The van der Waals surface area contributed by atoms with Gasteiger partial charge in [0.25, 0.3) is 0 Å². The molecule has 0 amide bonds. The van der Waals surface area contributed by atoms with Crippen LogP contribution in [0.25, 0.3) is 0 Å². The van der Waals surface area contributed by atoms with Crippen molar-refractivity contribution in [3.05, 3.63) is 5.82 Å². The highest BCUT2D eigenvalue weighted by atomic mass is 16.5. The minimum Gasteiger partial charge on any atom is -0.380 e. The lowest BCUT2D eigenvalue weighted by atomic mass is 10.1. The maximum absolute atomic E-state index is 5.54. The normalized spacial score (nSPS) is 15.0. The fourth-order valence-electron chi connectivity index (χ4n) is 1.90. The van der Waals surface area contributed by atoms with Gasteiger partial charge in [-0.05, 0) is 36.7 Å². The predicted octanol–water partition coefficient (Wildman–Crippen LogP) is 1.58. The van der Waals surface area contributed by atoms with E-state index in [1.807, 2.05) is 11.6 Å². The standard InChI is InChI=1S/C12H25N5O/c1-6-13-10(5)12-14-15-16-17(12)11(9(3)4)8-18-7-2/h9-11,13H,6-8H2,1-5H3. The average molecular weight is 255 g/mol. The number of tetrazole rings is 1. The van der Waals surface area contributed by atoms with Gasteiger partial charge in [0.2, 0.25) is 0 Å². The topological polar surface area (TPSA) is 64.9 Å². The summed E-state index contributed by atoms with van der Waals surface area (Å²) in [5, 5.41) is 15.4. The summed E-state index contributed by atoms with van der Waals surface area (Å²) in [5.74, 6) is 1.29. The molecule has 6 heteroatoms. The summed E-state index contributed by atoms with van der Waals surface area (Å²) in [7, 11) is 0. The Morgan fingerprint density at radius 2 is 2.00 bits per heavy atom. The summed E-state index contributed by atoms with van der Waals surface area (Å²) in [6.45, 7) is 12.7. The largest absolute Gasteiger partial charge is 0.380 e. The highest BCUT2D eigenvalue weighted by Crippen LogP contribution is 2.20. The molecule has 1 N–H and O–H groups in total. The van der Waals surface area contributed by atoms with Crippen LogP contribution in [0.15, 0.2) is 0 Å². The molecule has 0 aliphatic rings. The van der Waals surface area contributed by atoms with Crippen LogP contribution >= 0.6 is 0 Å². The van der Waals surface area contributed by atoms with E-state index in [4.69, 9.17) is 4.74 Å². The zero-order valence-corrected chi connectivity index (χ0v) is 12.1. The second-order valence-electron chi connectivity index (χ2n) is 4.73. The summed E-state index contributed by atoms with van der Waals surface area (Å²) in [4.78, 5) is 0. The molecule has 1 aromatic heterocycles. The molecule has 6 nitrogen and oxygen atoms in total.